The number of benzene rings is 3. The first-order valence-corrected chi connectivity index (χ1v) is 12.8. The predicted molar refractivity (Wildman–Crippen MR) is 149 cm³/mol. The predicted octanol–water partition coefficient (Wildman–Crippen LogP) is 4.95. The van der Waals surface area contributed by atoms with Crippen molar-refractivity contribution in [3.8, 4) is 28.7 Å². The number of methoxy groups -OCH3 is 4. The van der Waals surface area contributed by atoms with Crippen LogP contribution >= 0.6 is 0 Å². The Balaban J connectivity index is 1.52. The molecule has 2 heterocycles. The molecule has 0 N–H and O–H groups in total. The van der Waals surface area contributed by atoms with E-state index >= 15 is 0 Å². The fourth-order valence-electron chi connectivity index (χ4n) is 5.16. The maximum Gasteiger partial charge on any atom is 0.336 e. The molecular weight excluding hydrogens is 514 g/mol. The van der Waals surface area contributed by atoms with Crippen LogP contribution in [0, 0.1) is 6.92 Å². The summed E-state index contributed by atoms with van der Waals surface area (Å²) in [5.74, 6) is 2.55. The lowest BCUT2D eigenvalue weighted by molar-refractivity contribution is 0.0589. The Morgan fingerprint density at radius 3 is 2.30 bits per heavy atom. The lowest BCUT2D eigenvalue weighted by Gasteiger charge is -2.37. The van der Waals surface area contributed by atoms with Gasteiger partial charge in [0.25, 0.3) is 5.91 Å². The van der Waals surface area contributed by atoms with Gasteiger partial charge in [0.2, 0.25) is 0 Å². The normalized spacial score (nSPS) is 14.4. The van der Waals surface area contributed by atoms with Crippen molar-refractivity contribution in [2.75, 3.05) is 41.6 Å². The van der Waals surface area contributed by atoms with Crippen molar-refractivity contribution < 1.29 is 32.9 Å². The van der Waals surface area contributed by atoms with Crippen molar-refractivity contribution in [3.05, 3.63) is 87.3 Å². The highest BCUT2D eigenvalue weighted by Gasteiger charge is 2.34. The quantitative estimate of drug-likeness (QED) is 0.287. The molecule has 5 rings (SSSR count). The number of nitrogens with zero attached hydrogens (tertiary/aromatic N) is 1. The minimum Gasteiger partial charge on any atom is -0.493 e. The fourth-order valence-corrected chi connectivity index (χ4v) is 5.16. The molecule has 0 fully saturated rings. The zero-order valence-electron chi connectivity index (χ0n) is 23.1. The van der Waals surface area contributed by atoms with Crippen molar-refractivity contribution in [3.63, 3.8) is 0 Å². The molecular formula is C31H31NO8. The fraction of sp³-hybridized carbons (Fsp3) is 0.290. The Morgan fingerprint density at radius 1 is 0.875 bits per heavy atom. The van der Waals surface area contributed by atoms with Gasteiger partial charge in [-0.15, -0.1) is 0 Å². The molecule has 1 aliphatic rings. The van der Waals surface area contributed by atoms with Crippen molar-refractivity contribution in [1.29, 1.82) is 0 Å². The molecule has 3 aromatic carbocycles. The van der Waals surface area contributed by atoms with Gasteiger partial charge >= 0.3 is 5.63 Å². The molecule has 0 radical (unpaired) electrons. The van der Waals surface area contributed by atoms with Gasteiger partial charge in [-0.25, -0.2) is 4.79 Å². The number of fused-ring (bicyclic) bond motifs is 2. The van der Waals surface area contributed by atoms with Crippen LogP contribution < -0.4 is 29.3 Å². The summed E-state index contributed by atoms with van der Waals surface area (Å²) in [6, 6.07) is 15.4. The van der Waals surface area contributed by atoms with Gasteiger partial charge in [0.15, 0.2) is 23.0 Å². The molecule has 1 amide bonds. The zero-order valence-corrected chi connectivity index (χ0v) is 23.1. The standard InChI is InChI=1S/C31H31NO8/c1-18-12-30(33)40-26-15-21(7-8-22(18)26)39-17-24-23-16-29(38-5)28(37-4)13-19(23)10-11-32(24)31(34)20-6-9-25(35-2)27(14-20)36-3/h6-9,12-16,24H,10-11,17H2,1-5H3/t24-/m0/s1. The van der Waals surface area contributed by atoms with Crippen LogP contribution in [-0.2, 0) is 6.42 Å². The number of hydrogen-bond acceptors (Lipinski definition) is 8. The van der Waals surface area contributed by atoms with E-state index in [1.54, 1.807) is 50.5 Å². The van der Waals surface area contributed by atoms with Crippen LogP contribution in [0.2, 0.25) is 0 Å². The molecule has 40 heavy (non-hydrogen) atoms. The number of amides is 1. The molecule has 1 aromatic heterocycles. The molecule has 0 unspecified atom stereocenters. The van der Waals surface area contributed by atoms with E-state index in [1.165, 1.54) is 13.2 Å². The second-order valence-electron chi connectivity index (χ2n) is 9.46. The number of aryl methyl sites for hydroxylation is 1. The average molecular weight is 546 g/mol. The van der Waals surface area contributed by atoms with E-state index in [9.17, 15) is 9.59 Å². The summed E-state index contributed by atoms with van der Waals surface area (Å²) in [7, 11) is 6.26. The Bertz CT molecular complexity index is 1630. The van der Waals surface area contributed by atoms with Gasteiger partial charge in [-0.3, -0.25) is 4.79 Å². The molecule has 1 atom stereocenters. The molecule has 0 bridgehead atoms. The summed E-state index contributed by atoms with van der Waals surface area (Å²) in [5.41, 5.74) is 3.26. The number of ether oxygens (including phenoxy) is 5. The largest absolute Gasteiger partial charge is 0.493 e. The third kappa shape index (κ3) is 5.02. The number of carbonyl (C=O) groups is 1. The van der Waals surface area contributed by atoms with Crippen LogP contribution in [0.3, 0.4) is 0 Å². The summed E-state index contributed by atoms with van der Waals surface area (Å²) >= 11 is 0. The van der Waals surface area contributed by atoms with Gasteiger partial charge < -0.3 is 33.0 Å². The minimum absolute atomic E-state index is 0.156. The third-order valence-corrected chi connectivity index (χ3v) is 7.22. The molecule has 0 spiro atoms. The second kappa shape index (κ2) is 11.2. The lowest BCUT2D eigenvalue weighted by Crippen LogP contribution is -2.42. The maximum absolute atomic E-state index is 13.9. The first-order valence-electron chi connectivity index (χ1n) is 12.8. The van der Waals surface area contributed by atoms with Gasteiger partial charge in [0, 0.05) is 29.6 Å². The summed E-state index contributed by atoms with van der Waals surface area (Å²) < 4.78 is 33.5. The summed E-state index contributed by atoms with van der Waals surface area (Å²) in [6.07, 6.45) is 0.631. The van der Waals surface area contributed by atoms with E-state index in [0.717, 1.165) is 22.1 Å². The zero-order chi connectivity index (χ0) is 28.4. The SMILES string of the molecule is COc1ccc(C(=O)N2CCc3cc(OC)c(OC)cc3[C@@H]2COc2ccc3c(C)cc(=O)oc3c2)cc1OC. The Kier molecular flexibility index (Phi) is 7.55. The Labute approximate surface area is 231 Å². The Hall–Kier alpha value is -4.66. The van der Waals surface area contributed by atoms with Crippen LogP contribution in [-0.4, -0.2) is 52.4 Å². The molecule has 9 nitrogen and oxygen atoms in total. The van der Waals surface area contributed by atoms with E-state index < -0.39 is 11.7 Å². The molecule has 4 aromatic rings. The highest BCUT2D eigenvalue weighted by Crippen LogP contribution is 2.39. The molecule has 208 valence electrons. The van der Waals surface area contributed by atoms with Crippen LogP contribution in [0.1, 0.15) is 33.1 Å². The van der Waals surface area contributed by atoms with Crippen LogP contribution in [0.5, 0.6) is 28.7 Å². The summed E-state index contributed by atoms with van der Waals surface area (Å²) in [5, 5.41) is 0.831. The van der Waals surface area contributed by atoms with Gasteiger partial charge in [0.05, 0.1) is 34.5 Å². The van der Waals surface area contributed by atoms with Crippen LogP contribution in [0.4, 0.5) is 0 Å². The van der Waals surface area contributed by atoms with E-state index in [-0.39, 0.29) is 12.5 Å². The summed E-state index contributed by atoms with van der Waals surface area (Å²) in [6.45, 7) is 2.48. The topological polar surface area (TPSA) is 96.7 Å². The first kappa shape index (κ1) is 26.9. The minimum atomic E-state index is -0.440. The van der Waals surface area contributed by atoms with Gasteiger partial charge in [-0.1, -0.05) is 0 Å². The van der Waals surface area contributed by atoms with Crippen molar-refractivity contribution in [2.45, 2.75) is 19.4 Å². The number of carbonyl (C=O) groups excluding carboxylic acids is 1. The number of hydrogen-bond donors (Lipinski definition) is 0. The van der Waals surface area contributed by atoms with Gasteiger partial charge in [-0.2, -0.15) is 0 Å². The van der Waals surface area contributed by atoms with E-state index in [2.05, 4.69) is 0 Å². The van der Waals surface area contributed by atoms with E-state index in [1.807, 2.05) is 31.2 Å². The van der Waals surface area contributed by atoms with E-state index in [4.69, 9.17) is 28.1 Å². The Morgan fingerprint density at radius 2 is 1.57 bits per heavy atom. The van der Waals surface area contributed by atoms with Crippen LogP contribution in [0.15, 0.2) is 63.8 Å². The monoisotopic (exact) mass is 545 g/mol. The molecule has 0 saturated heterocycles. The first-order chi connectivity index (χ1) is 19.4. The van der Waals surface area contributed by atoms with Crippen LogP contribution in [0.25, 0.3) is 11.0 Å². The maximum atomic E-state index is 13.9. The van der Waals surface area contributed by atoms with Crippen molar-refractivity contribution in [2.24, 2.45) is 0 Å². The summed E-state index contributed by atoms with van der Waals surface area (Å²) in [4.78, 5) is 27.6. The average Bonchev–Trinajstić information content (AvgIpc) is 2.97. The lowest BCUT2D eigenvalue weighted by atomic mass is 9.91. The van der Waals surface area contributed by atoms with Crippen molar-refractivity contribution in [1.82, 2.24) is 4.90 Å². The highest BCUT2D eigenvalue weighted by molar-refractivity contribution is 5.95. The van der Waals surface area contributed by atoms with Crippen molar-refractivity contribution >= 4 is 16.9 Å². The second-order valence-corrected chi connectivity index (χ2v) is 9.46. The highest BCUT2D eigenvalue weighted by atomic mass is 16.5. The molecule has 1 aliphatic heterocycles. The van der Waals surface area contributed by atoms with E-state index in [0.29, 0.717) is 52.9 Å². The molecule has 0 saturated carbocycles. The van der Waals surface area contributed by atoms with Gasteiger partial charge in [-0.05, 0) is 72.5 Å². The molecule has 0 aliphatic carbocycles. The smallest absolute Gasteiger partial charge is 0.336 e. The number of rotatable bonds is 8. The van der Waals surface area contributed by atoms with Gasteiger partial charge in [0.1, 0.15) is 17.9 Å². The molecule has 9 heteroatoms. The third-order valence-electron chi connectivity index (χ3n) is 7.22.